The van der Waals surface area contributed by atoms with Crippen LogP contribution in [0.4, 0.5) is 13.2 Å². The van der Waals surface area contributed by atoms with Crippen molar-refractivity contribution in [2.45, 2.75) is 12.7 Å². The van der Waals surface area contributed by atoms with Gasteiger partial charge >= 0.3 is 6.18 Å². The fraction of sp³-hybridized carbons (Fsp3) is 0.211. The van der Waals surface area contributed by atoms with Crippen molar-refractivity contribution in [2.75, 3.05) is 13.8 Å². The molecule has 0 fully saturated rings. The summed E-state index contributed by atoms with van der Waals surface area (Å²) in [5.41, 5.74) is -1.03. The van der Waals surface area contributed by atoms with Crippen molar-refractivity contribution >= 4 is 5.91 Å². The normalized spacial score (nSPS) is 12.8. The monoisotopic (exact) mass is 404 g/mol. The average Bonchev–Trinajstić information content (AvgIpc) is 3.34. The molecule has 3 heterocycles. The average molecular weight is 404 g/mol. The van der Waals surface area contributed by atoms with Gasteiger partial charge in [0.25, 0.3) is 5.91 Å². The maximum Gasteiger partial charge on any atom is 0.434 e. The molecule has 3 aromatic rings. The van der Waals surface area contributed by atoms with Gasteiger partial charge < -0.3 is 14.4 Å². The fourth-order valence-electron chi connectivity index (χ4n) is 3.02. The summed E-state index contributed by atoms with van der Waals surface area (Å²) in [6, 6.07) is 9.60. The zero-order valence-electron chi connectivity index (χ0n) is 15.2. The Morgan fingerprint density at radius 2 is 2.00 bits per heavy atom. The Morgan fingerprint density at radius 1 is 1.21 bits per heavy atom. The van der Waals surface area contributed by atoms with Crippen molar-refractivity contribution in [1.82, 2.24) is 19.7 Å². The number of carbonyl (C=O) groups is 1. The summed E-state index contributed by atoms with van der Waals surface area (Å²) in [5, 5.41) is 3.76. The number of amides is 1. The van der Waals surface area contributed by atoms with Gasteiger partial charge in [-0.15, -0.1) is 0 Å². The topological polar surface area (TPSA) is 69.5 Å². The summed E-state index contributed by atoms with van der Waals surface area (Å²) >= 11 is 0. The minimum absolute atomic E-state index is 0.0303. The molecule has 150 valence electrons. The number of rotatable bonds is 4. The number of pyridine rings is 1. The second kappa shape index (κ2) is 7.12. The Kier molecular flexibility index (Phi) is 4.61. The van der Waals surface area contributed by atoms with Gasteiger partial charge in [0, 0.05) is 19.8 Å². The number of aromatic nitrogens is 3. The number of hydrogen-bond acceptors (Lipinski definition) is 5. The lowest BCUT2D eigenvalue weighted by molar-refractivity contribution is -0.143. The Morgan fingerprint density at radius 3 is 2.72 bits per heavy atom. The molecule has 0 saturated carbocycles. The van der Waals surface area contributed by atoms with Gasteiger partial charge in [-0.05, 0) is 29.8 Å². The molecule has 7 nitrogen and oxygen atoms in total. The summed E-state index contributed by atoms with van der Waals surface area (Å²) < 4.78 is 52.4. The van der Waals surface area contributed by atoms with Crippen molar-refractivity contribution in [3.63, 3.8) is 0 Å². The summed E-state index contributed by atoms with van der Waals surface area (Å²) in [5.74, 6) is 0.274. The van der Waals surface area contributed by atoms with Gasteiger partial charge in [0.2, 0.25) is 6.79 Å². The lowest BCUT2D eigenvalue weighted by atomic mass is 10.1. The number of benzene rings is 1. The van der Waals surface area contributed by atoms with Crippen molar-refractivity contribution in [3.05, 3.63) is 65.6 Å². The van der Waals surface area contributed by atoms with Crippen molar-refractivity contribution in [3.8, 4) is 17.3 Å². The van der Waals surface area contributed by atoms with E-state index < -0.39 is 23.3 Å². The number of hydrogen-bond donors (Lipinski definition) is 0. The molecule has 0 aliphatic carbocycles. The van der Waals surface area contributed by atoms with E-state index in [2.05, 4.69) is 10.1 Å². The Balaban J connectivity index is 1.63. The number of nitrogens with zero attached hydrogens (tertiary/aromatic N) is 4. The van der Waals surface area contributed by atoms with Crippen LogP contribution in [0.3, 0.4) is 0 Å². The predicted octanol–water partition coefficient (Wildman–Crippen LogP) is 3.29. The van der Waals surface area contributed by atoms with Crippen molar-refractivity contribution in [2.24, 2.45) is 0 Å². The van der Waals surface area contributed by atoms with Gasteiger partial charge in [0.15, 0.2) is 23.0 Å². The molecule has 0 spiro atoms. The molecule has 0 radical (unpaired) electrons. The van der Waals surface area contributed by atoms with Gasteiger partial charge in [-0.25, -0.2) is 9.67 Å². The van der Waals surface area contributed by atoms with E-state index in [9.17, 15) is 18.0 Å². The number of carbonyl (C=O) groups excluding carboxylic acids is 1. The van der Waals surface area contributed by atoms with Crippen LogP contribution in [-0.4, -0.2) is 39.4 Å². The predicted molar refractivity (Wildman–Crippen MR) is 94.7 cm³/mol. The third-order valence-electron chi connectivity index (χ3n) is 4.34. The summed E-state index contributed by atoms with van der Waals surface area (Å²) in [6.07, 6.45) is -2.53. The molecule has 10 heteroatoms. The molecule has 2 aromatic heterocycles. The van der Waals surface area contributed by atoms with E-state index in [1.165, 1.54) is 30.3 Å². The second-order valence-electron chi connectivity index (χ2n) is 6.35. The lowest BCUT2D eigenvalue weighted by Gasteiger charge is -2.18. The Labute approximate surface area is 163 Å². The van der Waals surface area contributed by atoms with E-state index >= 15 is 0 Å². The van der Waals surface area contributed by atoms with E-state index in [1.54, 1.807) is 24.3 Å². The van der Waals surface area contributed by atoms with Gasteiger partial charge in [-0.1, -0.05) is 12.1 Å². The van der Waals surface area contributed by atoms with Crippen LogP contribution in [0.25, 0.3) is 5.82 Å². The van der Waals surface area contributed by atoms with E-state index in [-0.39, 0.29) is 19.2 Å². The Hall–Kier alpha value is -3.56. The highest BCUT2D eigenvalue weighted by molar-refractivity contribution is 5.95. The minimum Gasteiger partial charge on any atom is -0.454 e. The van der Waals surface area contributed by atoms with Crippen LogP contribution in [0.1, 0.15) is 21.6 Å². The molecule has 4 rings (SSSR count). The molecule has 0 saturated heterocycles. The standard InChI is InChI=1S/C19H15F3N4O3/c1-25(10-12-5-6-14-15(8-12)29-11-28-14)18(27)13-9-24-26(17(13)19(20,21)22)16-4-2-3-7-23-16/h2-9H,10-11H2,1H3. The van der Waals surface area contributed by atoms with E-state index in [0.29, 0.717) is 21.7 Å². The maximum absolute atomic E-state index is 13.7. The molecule has 0 N–H and O–H groups in total. The number of ether oxygens (including phenoxy) is 2. The van der Waals surface area contributed by atoms with Crippen LogP contribution >= 0.6 is 0 Å². The highest BCUT2D eigenvalue weighted by Crippen LogP contribution is 2.35. The molecule has 1 amide bonds. The van der Waals surface area contributed by atoms with E-state index in [0.717, 1.165) is 6.20 Å². The largest absolute Gasteiger partial charge is 0.454 e. The smallest absolute Gasteiger partial charge is 0.434 e. The molecular weight excluding hydrogens is 389 g/mol. The van der Waals surface area contributed by atoms with E-state index in [1.807, 2.05) is 0 Å². The summed E-state index contributed by atoms with van der Waals surface area (Å²) in [7, 11) is 1.42. The highest BCUT2D eigenvalue weighted by Gasteiger charge is 2.41. The quantitative estimate of drug-likeness (QED) is 0.668. The molecule has 1 aromatic carbocycles. The SMILES string of the molecule is CN(Cc1ccc2c(c1)OCO2)C(=O)c1cnn(-c2ccccn2)c1C(F)(F)F. The molecule has 29 heavy (non-hydrogen) atoms. The van der Waals surface area contributed by atoms with Crippen LogP contribution in [0.15, 0.2) is 48.8 Å². The second-order valence-corrected chi connectivity index (χ2v) is 6.35. The number of halogens is 3. The highest BCUT2D eigenvalue weighted by atomic mass is 19.4. The number of fused-ring (bicyclic) bond motifs is 1. The third kappa shape index (κ3) is 3.60. The molecule has 0 atom stereocenters. The Bertz CT molecular complexity index is 1050. The third-order valence-corrected chi connectivity index (χ3v) is 4.34. The van der Waals surface area contributed by atoms with Crippen LogP contribution in [-0.2, 0) is 12.7 Å². The van der Waals surface area contributed by atoms with Crippen LogP contribution in [0.2, 0.25) is 0 Å². The van der Waals surface area contributed by atoms with Gasteiger partial charge in [-0.2, -0.15) is 18.3 Å². The molecule has 1 aliphatic rings. The molecular formula is C19H15F3N4O3. The zero-order valence-corrected chi connectivity index (χ0v) is 15.2. The molecule has 0 unspecified atom stereocenters. The maximum atomic E-state index is 13.7. The minimum atomic E-state index is -4.79. The van der Waals surface area contributed by atoms with Crippen LogP contribution in [0, 0.1) is 0 Å². The number of alkyl halides is 3. The molecule has 0 bridgehead atoms. The first-order chi connectivity index (χ1) is 13.8. The van der Waals surface area contributed by atoms with Gasteiger partial charge in [-0.3, -0.25) is 4.79 Å². The van der Waals surface area contributed by atoms with Crippen molar-refractivity contribution < 1.29 is 27.4 Å². The summed E-state index contributed by atoms with van der Waals surface area (Å²) in [4.78, 5) is 17.9. The summed E-state index contributed by atoms with van der Waals surface area (Å²) in [6.45, 7) is 0.191. The molecule has 1 aliphatic heterocycles. The van der Waals surface area contributed by atoms with Crippen LogP contribution in [0.5, 0.6) is 11.5 Å². The fourth-order valence-corrected chi connectivity index (χ4v) is 3.02. The van der Waals surface area contributed by atoms with Gasteiger partial charge in [0.1, 0.15) is 0 Å². The lowest BCUT2D eigenvalue weighted by Crippen LogP contribution is -2.28. The van der Waals surface area contributed by atoms with Crippen molar-refractivity contribution in [1.29, 1.82) is 0 Å². The zero-order chi connectivity index (χ0) is 20.6. The van der Waals surface area contributed by atoms with E-state index in [4.69, 9.17) is 9.47 Å². The first-order valence-electron chi connectivity index (χ1n) is 8.55. The van der Waals surface area contributed by atoms with Crippen LogP contribution < -0.4 is 9.47 Å². The first-order valence-corrected chi connectivity index (χ1v) is 8.55. The van der Waals surface area contributed by atoms with Gasteiger partial charge in [0.05, 0.1) is 11.8 Å². The first kappa shape index (κ1) is 18.8.